The highest BCUT2D eigenvalue weighted by molar-refractivity contribution is 7.99. The average molecular weight is 381 g/mol. The Morgan fingerprint density at radius 2 is 1.89 bits per heavy atom. The molecule has 0 atom stereocenters. The maximum Gasteiger partial charge on any atom is 0.345 e. The SMILES string of the molecule is COC(=O)/C(=C(\O)CSc1nc2ccccc2o1)c1nc2ccccc2[nH]1. The van der Waals surface area contributed by atoms with E-state index in [4.69, 9.17) is 9.15 Å². The third-order valence-electron chi connectivity index (χ3n) is 3.91. The number of esters is 1. The lowest BCUT2D eigenvalue weighted by Crippen LogP contribution is -2.09. The molecule has 0 aliphatic heterocycles. The second-order valence-electron chi connectivity index (χ2n) is 5.65. The fourth-order valence-electron chi connectivity index (χ4n) is 2.64. The van der Waals surface area contributed by atoms with Crippen LogP contribution in [-0.2, 0) is 9.53 Å². The first-order chi connectivity index (χ1) is 13.2. The molecule has 2 aromatic carbocycles. The van der Waals surface area contributed by atoms with Crippen LogP contribution in [0.2, 0.25) is 0 Å². The number of aliphatic hydroxyl groups is 1. The quantitative estimate of drug-likeness (QED) is 0.234. The number of H-pyrrole nitrogens is 1. The van der Waals surface area contributed by atoms with E-state index in [0.717, 1.165) is 11.0 Å². The van der Waals surface area contributed by atoms with Gasteiger partial charge in [-0.2, -0.15) is 0 Å². The van der Waals surface area contributed by atoms with Crippen molar-refractivity contribution in [2.45, 2.75) is 5.22 Å². The van der Waals surface area contributed by atoms with E-state index < -0.39 is 5.97 Å². The molecule has 8 heteroatoms. The number of methoxy groups -OCH3 is 1. The molecule has 4 aromatic rings. The van der Waals surface area contributed by atoms with Crippen LogP contribution in [0.5, 0.6) is 0 Å². The number of rotatable bonds is 5. The number of oxazole rings is 1. The van der Waals surface area contributed by atoms with Gasteiger partial charge in [0.2, 0.25) is 0 Å². The Morgan fingerprint density at radius 1 is 1.15 bits per heavy atom. The molecule has 0 saturated carbocycles. The Morgan fingerprint density at radius 3 is 2.63 bits per heavy atom. The molecule has 0 unspecified atom stereocenters. The molecule has 0 aliphatic rings. The van der Waals surface area contributed by atoms with Crippen molar-refractivity contribution in [1.29, 1.82) is 0 Å². The van der Waals surface area contributed by atoms with Crippen molar-refractivity contribution in [2.75, 3.05) is 12.9 Å². The van der Waals surface area contributed by atoms with Crippen molar-refractivity contribution in [1.82, 2.24) is 15.0 Å². The zero-order valence-corrected chi connectivity index (χ0v) is 15.1. The summed E-state index contributed by atoms with van der Waals surface area (Å²) in [5.74, 6) is -0.523. The number of aromatic amines is 1. The average Bonchev–Trinajstić information content (AvgIpc) is 3.29. The molecule has 136 valence electrons. The molecule has 0 bridgehead atoms. The van der Waals surface area contributed by atoms with Crippen LogP contribution in [-0.4, -0.2) is 38.9 Å². The molecule has 0 spiro atoms. The van der Waals surface area contributed by atoms with E-state index >= 15 is 0 Å². The summed E-state index contributed by atoms with van der Waals surface area (Å²) >= 11 is 1.18. The monoisotopic (exact) mass is 381 g/mol. The number of nitrogens with zero attached hydrogens (tertiary/aromatic N) is 2. The Bertz CT molecular complexity index is 1100. The fraction of sp³-hybridized carbons (Fsp3) is 0.105. The van der Waals surface area contributed by atoms with Gasteiger partial charge in [0.1, 0.15) is 22.7 Å². The second-order valence-corrected chi connectivity index (χ2v) is 6.58. The van der Waals surface area contributed by atoms with Gasteiger partial charge >= 0.3 is 5.97 Å². The number of thioether (sulfide) groups is 1. The minimum atomic E-state index is -0.676. The van der Waals surface area contributed by atoms with Crippen molar-refractivity contribution < 1.29 is 19.1 Å². The van der Waals surface area contributed by atoms with Gasteiger partial charge in [-0.1, -0.05) is 36.0 Å². The smallest absolute Gasteiger partial charge is 0.345 e. The summed E-state index contributed by atoms with van der Waals surface area (Å²) in [7, 11) is 1.26. The molecular formula is C19H15N3O4S. The molecule has 0 radical (unpaired) electrons. The van der Waals surface area contributed by atoms with Crippen LogP contribution in [0.3, 0.4) is 0 Å². The highest BCUT2D eigenvalue weighted by Crippen LogP contribution is 2.27. The number of nitrogens with one attached hydrogen (secondary N) is 1. The second kappa shape index (κ2) is 7.16. The van der Waals surface area contributed by atoms with Crippen LogP contribution in [0.15, 0.2) is 63.9 Å². The molecule has 0 amide bonds. The van der Waals surface area contributed by atoms with Gasteiger partial charge in [0, 0.05) is 0 Å². The molecule has 7 nitrogen and oxygen atoms in total. The van der Waals surface area contributed by atoms with Gasteiger partial charge in [0.25, 0.3) is 5.22 Å². The minimum Gasteiger partial charge on any atom is -0.510 e. The Balaban J connectivity index is 1.65. The van der Waals surface area contributed by atoms with Crippen LogP contribution < -0.4 is 0 Å². The predicted octanol–water partition coefficient (Wildman–Crippen LogP) is 3.94. The number of aliphatic hydroxyl groups excluding tert-OH is 1. The van der Waals surface area contributed by atoms with Crippen molar-refractivity contribution in [3.05, 3.63) is 60.1 Å². The summed E-state index contributed by atoms with van der Waals surface area (Å²) in [5, 5.41) is 11.0. The molecule has 4 rings (SSSR count). The molecule has 0 fully saturated rings. The zero-order chi connectivity index (χ0) is 18.8. The summed E-state index contributed by atoms with van der Waals surface area (Å²) < 4.78 is 10.4. The van der Waals surface area contributed by atoms with Crippen LogP contribution in [0, 0.1) is 0 Å². The molecule has 2 N–H and O–H groups in total. The summed E-state index contributed by atoms with van der Waals surface area (Å²) in [6, 6.07) is 14.7. The number of carbonyl (C=O) groups excluding carboxylic acids is 1. The number of imidazole rings is 1. The largest absolute Gasteiger partial charge is 0.510 e. The third-order valence-corrected chi connectivity index (χ3v) is 4.75. The highest BCUT2D eigenvalue weighted by atomic mass is 32.2. The first-order valence-electron chi connectivity index (χ1n) is 8.09. The van der Waals surface area contributed by atoms with Gasteiger partial charge in [-0.3, -0.25) is 0 Å². The van der Waals surface area contributed by atoms with Crippen LogP contribution in [0.4, 0.5) is 0 Å². The van der Waals surface area contributed by atoms with Crippen molar-refractivity contribution in [2.24, 2.45) is 0 Å². The lowest BCUT2D eigenvalue weighted by atomic mass is 10.2. The van der Waals surface area contributed by atoms with Gasteiger partial charge in [-0.05, 0) is 24.3 Å². The Hall–Kier alpha value is -3.26. The Labute approximate surface area is 158 Å². The number of para-hydroxylation sites is 4. The standard InChI is InChI=1S/C19H15N3O4S/c1-25-18(24)16(17-20-11-6-2-3-7-12(11)21-17)14(23)10-27-19-22-13-8-4-5-9-15(13)26-19/h2-9,23H,10H2,1H3,(H,20,21)/b16-14-. The molecule has 0 aliphatic carbocycles. The fourth-order valence-corrected chi connectivity index (χ4v) is 3.36. The van der Waals surface area contributed by atoms with Gasteiger partial charge in [-0.15, -0.1) is 0 Å². The van der Waals surface area contributed by atoms with Gasteiger partial charge in [0.05, 0.1) is 23.9 Å². The summed E-state index contributed by atoms with van der Waals surface area (Å²) in [5.41, 5.74) is 2.82. The third kappa shape index (κ3) is 3.39. The molecule has 0 saturated heterocycles. The van der Waals surface area contributed by atoms with E-state index in [-0.39, 0.29) is 22.9 Å². The number of benzene rings is 2. The molecule has 2 heterocycles. The normalized spacial score (nSPS) is 12.3. The summed E-state index contributed by atoms with van der Waals surface area (Å²) in [6.45, 7) is 0. The first kappa shape index (κ1) is 17.2. The number of ether oxygens (including phenoxy) is 1. The van der Waals surface area contributed by atoms with E-state index in [9.17, 15) is 9.90 Å². The van der Waals surface area contributed by atoms with Crippen molar-refractivity contribution in [3.63, 3.8) is 0 Å². The van der Waals surface area contributed by atoms with Crippen LogP contribution >= 0.6 is 11.8 Å². The first-order valence-corrected chi connectivity index (χ1v) is 9.08. The van der Waals surface area contributed by atoms with Gasteiger partial charge in [-0.25, -0.2) is 14.8 Å². The molecule has 27 heavy (non-hydrogen) atoms. The summed E-state index contributed by atoms with van der Waals surface area (Å²) in [6.07, 6.45) is 0. The summed E-state index contributed by atoms with van der Waals surface area (Å²) in [4.78, 5) is 24.0. The van der Waals surface area contributed by atoms with Crippen LogP contribution in [0.1, 0.15) is 5.82 Å². The van der Waals surface area contributed by atoms with E-state index in [0.29, 0.717) is 16.3 Å². The Kier molecular flexibility index (Phi) is 4.55. The van der Waals surface area contributed by atoms with E-state index in [1.165, 1.54) is 18.9 Å². The maximum absolute atomic E-state index is 12.2. The predicted molar refractivity (Wildman–Crippen MR) is 102 cm³/mol. The molecular weight excluding hydrogens is 366 g/mol. The minimum absolute atomic E-state index is 0.0164. The molecule has 2 aromatic heterocycles. The number of hydrogen-bond donors (Lipinski definition) is 2. The van der Waals surface area contributed by atoms with E-state index in [2.05, 4.69) is 15.0 Å². The van der Waals surface area contributed by atoms with Crippen LogP contribution in [0.25, 0.3) is 27.7 Å². The number of hydrogen-bond acceptors (Lipinski definition) is 7. The van der Waals surface area contributed by atoms with Gasteiger partial charge in [0.15, 0.2) is 5.58 Å². The van der Waals surface area contributed by atoms with Gasteiger partial charge < -0.3 is 19.2 Å². The van der Waals surface area contributed by atoms with E-state index in [1.807, 2.05) is 48.5 Å². The van der Waals surface area contributed by atoms with Crippen molar-refractivity contribution >= 4 is 45.4 Å². The number of carbonyl (C=O) groups is 1. The highest BCUT2D eigenvalue weighted by Gasteiger charge is 2.22. The lowest BCUT2D eigenvalue weighted by Gasteiger charge is -2.06. The zero-order valence-electron chi connectivity index (χ0n) is 14.3. The maximum atomic E-state index is 12.2. The van der Waals surface area contributed by atoms with Crippen molar-refractivity contribution in [3.8, 4) is 0 Å². The number of aromatic nitrogens is 3. The number of fused-ring (bicyclic) bond motifs is 2. The topological polar surface area (TPSA) is 101 Å². The lowest BCUT2D eigenvalue weighted by molar-refractivity contribution is -0.133. The van der Waals surface area contributed by atoms with E-state index in [1.54, 1.807) is 0 Å².